The molecule has 0 spiro atoms. The van der Waals surface area contributed by atoms with E-state index in [2.05, 4.69) is 16.2 Å². The van der Waals surface area contributed by atoms with Crippen molar-refractivity contribution in [2.75, 3.05) is 5.32 Å². The first-order chi connectivity index (χ1) is 8.08. The fourth-order valence-electron chi connectivity index (χ4n) is 1.33. The molecule has 0 aliphatic carbocycles. The Labute approximate surface area is 105 Å². The van der Waals surface area contributed by atoms with Gasteiger partial charge in [-0.25, -0.2) is 9.78 Å². The second-order valence-electron chi connectivity index (χ2n) is 3.51. The third kappa shape index (κ3) is 3.65. The topological polar surface area (TPSA) is 62.2 Å². The Morgan fingerprint density at radius 3 is 3.00 bits per heavy atom. The van der Waals surface area contributed by atoms with Gasteiger partial charge in [-0.3, -0.25) is 0 Å². The first-order valence-corrected chi connectivity index (χ1v) is 5.55. The molecule has 0 radical (unpaired) electrons. The zero-order chi connectivity index (χ0) is 12.8. The van der Waals surface area contributed by atoms with E-state index in [0.717, 1.165) is 6.42 Å². The lowest BCUT2D eigenvalue weighted by atomic mass is 10.1. The van der Waals surface area contributed by atoms with Crippen LogP contribution in [0.3, 0.4) is 0 Å². The highest BCUT2D eigenvalue weighted by molar-refractivity contribution is 6.33. The maximum absolute atomic E-state index is 10.9. The van der Waals surface area contributed by atoms with E-state index >= 15 is 0 Å². The lowest BCUT2D eigenvalue weighted by molar-refractivity contribution is 0.0697. The lowest BCUT2D eigenvalue weighted by Crippen LogP contribution is -2.18. The molecule has 0 aliphatic rings. The van der Waals surface area contributed by atoms with Gasteiger partial charge < -0.3 is 10.4 Å². The number of aromatic carboxylic acids is 1. The van der Waals surface area contributed by atoms with E-state index in [-0.39, 0.29) is 16.6 Å². The van der Waals surface area contributed by atoms with Crippen LogP contribution in [0.25, 0.3) is 0 Å². The van der Waals surface area contributed by atoms with E-state index in [0.29, 0.717) is 12.2 Å². The first kappa shape index (κ1) is 13.3. The van der Waals surface area contributed by atoms with Crippen LogP contribution in [0.4, 0.5) is 5.82 Å². The number of nitrogens with zero attached hydrogens (tertiary/aromatic N) is 1. The van der Waals surface area contributed by atoms with Crippen molar-refractivity contribution in [1.82, 2.24) is 4.98 Å². The van der Waals surface area contributed by atoms with Crippen LogP contribution in [0.5, 0.6) is 0 Å². The van der Waals surface area contributed by atoms with Crippen LogP contribution >= 0.6 is 11.6 Å². The number of carboxylic acid groups (broad SMARTS) is 1. The van der Waals surface area contributed by atoms with E-state index in [4.69, 9.17) is 23.1 Å². The molecule has 5 heteroatoms. The molecule has 90 valence electrons. The number of nitrogens with one attached hydrogen (secondary N) is 1. The number of rotatable bonds is 5. The van der Waals surface area contributed by atoms with Crippen molar-refractivity contribution in [3.8, 4) is 12.3 Å². The highest BCUT2D eigenvalue weighted by Gasteiger charge is 2.12. The molecule has 0 saturated carbocycles. The van der Waals surface area contributed by atoms with Crippen molar-refractivity contribution in [2.45, 2.75) is 25.8 Å². The number of terminal acetylenes is 1. The van der Waals surface area contributed by atoms with Gasteiger partial charge in [-0.05, 0) is 12.5 Å². The smallest absolute Gasteiger partial charge is 0.337 e. The maximum atomic E-state index is 10.9. The van der Waals surface area contributed by atoms with Crippen molar-refractivity contribution in [2.24, 2.45) is 0 Å². The molecule has 0 aromatic carbocycles. The molecule has 17 heavy (non-hydrogen) atoms. The van der Waals surface area contributed by atoms with Crippen LogP contribution in [0.1, 0.15) is 30.1 Å². The Hall–Kier alpha value is -1.73. The highest BCUT2D eigenvalue weighted by Crippen LogP contribution is 2.19. The first-order valence-electron chi connectivity index (χ1n) is 5.17. The van der Waals surface area contributed by atoms with Gasteiger partial charge >= 0.3 is 5.97 Å². The van der Waals surface area contributed by atoms with Crippen molar-refractivity contribution < 1.29 is 9.90 Å². The summed E-state index contributed by atoms with van der Waals surface area (Å²) in [6.07, 6.45) is 7.94. The lowest BCUT2D eigenvalue weighted by Gasteiger charge is -2.15. The predicted octanol–water partition coefficient (Wildman–Crippen LogP) is 2.65. The van der Waals surface area contributed by atoms with Crippen molar-refractivity contribution >= 4 is 23.4 Å². The van der Waals surface area contributed by atoms with Crippen LogP contribution in [0.2, 0.25) is 5.02 Å². The van der Waals surface area contributed by atoms with Crippen LogP contribution in [-0.2, 0) is 0 Å². The minimum Gasteiger partial charge on any atom is -0.478 e. The Kier molecular flexibility index (Phi) is 4.80. The zero-order valence-corrected chi connectivity index (χ0v) is 10.2. The Morgan fingerprint density at radius 2 is 2.47 bits per heavy atom. The van der Waals surface area contributed by atoms with Crippen LogP contribution in [0, 0.1) is 12.3 Å². The van der Waals surface area contributed by atoms with E-state index in [1.807, 2.05) is 6.92 Å². The number of hydrogen-bond donors (Lipinski definition) is 2. The Balaban J connectivity index is 2.89. The number of carboxylic acids is 1. The number of hydrogen-bond acceptors (Lipinski definition) is 3. The van der Waals surface area contributed by atoms with E-state index in [1.165, 1.54) is 12.3 Å². The standard InChI is InChI=1S/C12H13ClN2O2/c1-3-5-8(4-2)15-11-6-9(12(16)17)10(13)7-14-11/h1,6-8H,4-5H2,2H3,(H,14,15)(H,16,17). The Bertz CT molecular complexity index is 454. The van der Waals surface area contributed by atoms with Gasteiger partial charge in [0.05, 0.1) is 10.6 Å². The third-order valence-corrected chi connectivity index (χ3v) is 2.60. The Morgan fingerprint density at radius 1 is 1.76 bits per heavy atom. The summed E-state index contributed by atoms with van der Waals surface area (Å²) in [6, 6.07) is 1.49. The summed E-state index contributed by atoms with van der Waals surface area (Å²) >= 11 is 5.72. The quantitative estimate of drug-likeness (QED) is 0.791. The largest absolute Gasteiger partial charge is 0.478 e. The molecule has 1 aromatic heterocycles. The fraction of sp³-hybridized carbons (Fsp3) is 0.333. The summed E-state index contributed by atoms with van der Waals surface area (Å²) in [5.41, 5.74) is 0.0275. The molecule has 1 rings (SSSR count). The van der Waals surface area contributed by atoms with Gasteiger partial charge in [0.1, 0.15) is 5.82 Å². The van der Waals surface area contributed by atoms with E-state index in [9.17, 15) is 4.79 Å². The minimum atomic E-state index is -1.08. The molecule has 1 atom stereocenters. The molecule has 4 nitrogen and oxygen atoms in total. The normalized spacial score (nSPS) is 11.6. The second kappa shape index (κ2) is 6.12. The van der Waals surface area contributed by atoms with Gasteiger partial charge in [-0.2, -0.15) is 0 Å². The van der Waals surface area contributed by atoms with Crippen LogP contribution < -0.4 is 5.32 Å². The monoisotopic (exact) mass is 252 g/mol. The predicted molar refractivity (Wildman–Crippen MR) is 67.4 cm³/mol. The van der Waals surface area contributed by atoms with Gasteiger partial charge in [-0.1, -0.05) is 18.5 Å². The summed E-state index contributed by atoms with van der Waals surface area (Å²) in [5.74, 6) is 1.94. The zero-order valence-electron chi connectivity index (χ0n) is 9.40. The second-order valence-corrected chi connectivity index (χ2v) is 3.92. The van der Waals surface area contributed by atoms with Crippen LogP contribution in [0.15, 0.2) is 12.3 Å². The summed E-state index contributed by atoms with van der Waals surface area (Å²) in [5, 5.41) is 12.1. The number of halogens is 1. The molecule has 0 bridgehead atoms. The van der Waals surface area contributed by atoms with Crippen LogP contribution in [-0.4, -0.2) is 22.1 Å². The van der Waals surface area contributed by atoms with E-state index < -0.39 is 5.97 Å². The van der Waals surface area contributed by atoms with Gasteiger partial charge in [0.25, 0.3) is 0 Å². The van der Waals surface area contributed by atoms with Gasteiger partial charge in [-0.15, -0.1) is 12.3 Å². The van der Waals surface area contributed by atoms with Crippen molar-refractivity contribution in [3.63, 3.8) is 0 Å². The van der Waals surface area contributed by atoms with Gasteiger partial charge in [0, 0.05) is 18.7 Å². The molecular weight excluding hydrogens is 240 g/mol. The molecule has 0 amide bonds. The maximum Gasteiger partial charge on any atom is 0.337 e. The number of pyridine rings is 1. The highest BCUT2D eigenvalue weighted by atomic mass is 35.5. The average Bonchev–Trinajstić information content (AvgIpc) is 2.30. The van der Waals surface area contributed by atoms with Gasteiger partial charge in [0.15, 0.2) is 0 Å². The molecule has 0 fully saturated rings. The summed E-state index contributed by atoms with van der Waals surface area (Å²) < 4.78 is 0. The fourth-order valence-corrected chi connectivity index (χ4v) is 1.51. The molecule has 0 saturated heterocycles. The van der Waals surface area contributed by atoms with Crippen molar-refractivity contribution in [3.05, 3.63) is 22.8 Å². The molecule has 2 N–H and O–H groups in total. The number of carbonyl (C=O) groups is 1. The number of aromatic nitrogens is 1. The average molecular weight is 253 g/mol. The minimum absolute atomic E-state index is 0.0275. The SMILES string of the molecule is C#CCC(CC)Nc1cc(C(=O)O)c(Cl)cn1. The number of anilines is 1. The molecule has 1 unspecified atom stereocenters. The summed E-state index contributed by atoms with van der Waals surface area (Å²) in [7, 11) is 0. The third-order valence-electron chi connectivity index (χ3n) is 2.29. The molecule has 1 aromatic rings. The van der Waals surface area contributed by atoms with Gasteiger partial charge in [0.2, 0.25) is 0 Å². The van der Waals surface area contributed by atoms with Crippen molar-refractivity contribution in [1.29, 1.82) is 0 Å². The molecular formula is C12H13ClN2O2. The molecule has 0 aliphatic heterocycles. The molecule has 1 heterocycles. The summed E-state index contributed by atoms with van der Waals surface area (Å²) in [4.78, 5) is 14.9. The summed E-state index contributed by atoms with van der Waals surface area (Å²) in [6.45, 7) is 1.99. The van der Waals surface area contributed by atoms with E-state index in [1.54, 1.807) is 0 Å².